The van der Waals surface area contributed by atoms with Gasteiger partial charge in [-0.2, -0.15) is 5.06 Å². The van der Waals surface area contributed by atoms with Crippen molar-refractivity contribution in [2.75, 3.05) is 6.61 Å². The van der Waals surface area contributed by atoms with Gasteiger partial charge < -0.3 is 4.74 Å². The third-order valence-electron chi connectivity index (χ3n) is 1.64. The Hall–Kier alpha value is -1.43. The van der Waals surface area contributed by atoms with Gasteiger partial charge in [-0.05, 0) is 0 Å². The van der Waals surface area contributed by atoms with Crippen LogP contribution in [0.5, 0.6) is 0 Å². The Morgan fingerprint density at radius 1 is 1.57 bits per heavy atom. The molecule has 0 spiro atoms. The Morgan fingerprint density at radius 2 is 2.21 bits per heavy atom. The first kappa shape index (κ1) is 10.6. The summed E-state index contributed by atoms with van der Waals surface area (Å²) in [5, 5.41) is 0.689. The highest BCUT2D eigenvalue weighted by Crippen LogP contribution is 2.15. The van der Waals surface area contributed by atoms with Gasteiger partial charge in [0.2, 0.25) is 5.91 Å². The van der Waals surface area contributed by atoms with Crippen LogP contribution >= 0.6 is 0 Å². The summed E-state index contributed by atoms with van der Waals surface area (Å²) in [5.41, 5.74) is 0. The van der Waals surface area contributed by atoms with Crippen molar-refractivity contribution in [3.63, 3.8) is 0 Å². The van der Waals surface area contributed by atoms with E-state index in [9.17, 15) is 14.4 Å². The zero-order chi connectivity index (χ0) is 10.7. The minimum atomic E-state index is -0.546. The van der Waals surface area contributed by atoms with Gasteiger partial charge in [0.25, 0.3) is 5.91 Å². The van der Waals surface area contributed by atoms with Gasteiger partial charge in [0.05, 0.1) is 6.42 Å². The number of hydrogen-bond acceptors (Lipinski definition) is 5. The first-order valence-corrected chi connectivity index (χ1v) is 4.14. The summed E-state index contributed by atoms with van der Waals surface area (Å²) >= 11 is 0. The van der Waals surface area contributed by atoms with Crippen LogP contribution in [0.15, 0.2) is 0 Å². The van der Waals surface area contributed by atoms with E-state index in [0.29, 0.717) is 5.06 Å². The molecule has 1 heterocycles. The predicted molar refractivity (Wildman–Crippen MR) is 43.7 cm³/mol. The van der Waals surface area contributed by atoms with E-state index in [2.05, 4.69) is 4.74 Å². The largest absolute Gasteiger partial charge is 0.463 e. The van der Waals surface area contributed by atoms with E-state index in [-0.39, 0.29) is 13.0 Å². The van der Waals surface area contributed by atoms with Crippen LogP contribution in [0, 0.1) is 0 Å². The lowest BCUT2D eigenvalue weighted by Crippen LogP contribution is -2.29. The molecular weight excluding hydrogens is 190 g/mol. The van der Waals surface area contributed by atoms with Crippen LogP contribution in [0.3, 0.4) is 0 Å². The molecule has 0 radical (unpaired) electrons. The van der Waals surface area contributed by atoms with Crippen molar-refractivity contribution >= 4 is 17.8 Å². The molecule has 78 valence electrons. The maximum absolute atomic E-state index is 11.1. The molecule has 0 aliphatic carbocycles. The molecule has 1 unspecified atom stereocenters. The fraction of sp³-hybridized carbons (Fsp3) is 0.625. The molecule has 6 heteroatoms. The van der Waals surface area contributed by atoms with Crippen molar-refractivity contribution in [3.8, 4) is 0 Å². The van der Waals surface area contributed by atoms with E-state index in [4.69, 9.17) is 4.84 Å². The van der Waals surface area contributed by atoms with Crippen molar-refractivity contribution < 1.29 is 24.0 Å². The van der Waals surface area contributed by atoms with E-state index >= 15 is 0 Å². The van der Waals surface area contributed by atoms with Gasteiger partial charge in [-0.1, -0.05) is 0 Å². The van der Waals surface area contributed by atoms with E-state index in [1.165, 1.54) is 13.8 Å². The molecule has 0 saturated carbocycles. The minimum Gasteiger partial charge on any atom is -0.463 e. The summed E-state index contributed by atoms with van der Waals surface area (Å²) in [6.45, 7) is 2.48. The average molecular weight is 201 g/mol. The second-order valence-corrected chi connectivity index (χ2v) is 2.94. The lowest BCUT2D eigenvalue weighted by Gasteiger charge is -2.11. The number of carbonyl (C=O) groups excluding carboxylic acids is 3. The average Bonchev–Trinajstić information content (AvgIpc) is 2.43. The van der Waals surface area contributed by atoms with Crippen LogP contribution in [-0.4, -0.2) is 35.6 Å². The minimum absolute atomic E-state index is 0.00907. The number of nitrogens with zero attached hydrogens (tertiary/aromatic N) is 1. The molecule has 1 aliphatic rings. The lowest BCUT2D eigenvalue weighted by atomic mass is 10.3. The first-order valence-electron chi connectivity index (χ1n) is 4.14. The molecule has 2 amide bonds. The standard InChI is InChI=1S/C8H11NO5/c1-5(10)9-8(12)3-7(14-9)4-13-6(2)11/h7H,3-4H2,1-2H3. The van der Waals surface area contributed by atoms with Crippen molar-refractivity contribution in [1.29, 1.82) is 0 Å². The molecule has 0 N–H and O–H groups in total. The van der Waals surface area contributed by atoms with Crippen LogP contribution in [0.4, 0.5) is 0 Å². The van der Waals surface area contributed by atoms with Crippen LogP contribution in [0.2, 0.25) is 0 Å². The lowest BCUT2D eigenvalue weighted by molar-refractivity contribution is -0.189. The van der Waals surface area contributed by atoms with Crippen molar-refractivity contribution in [2.24, 2.45) is 0 Å². The number of imide groups is 1. The molecule has 0 bridgehead atoms. The van der Waals surface area contributed by atoms with Gasteiger partial charge in [0.1, 0.15) is 12.7 Å². The Balaban J connectivity index is 2.43. The quantitative estimate of drug-likeness (QED) is 0.570. The molecule has 1 aliphatic heterocycles. The Kier molecular flexibility index (Phi) is 3.19. The summed E-state index contributed by atoms with van der Waals surface area (Å²) in [7, 11) is 0. The molecule has 0 aromatic rings. The third-order valence-corrected chi connectivity index (χ3v) is 1.64. The summed E-state index contributed by atoms with van der Waals surface area (Å²) in [4.78, 5) is 37.3. The highest BCUT2D eigenvalue weighted by atomic mass is 16.7. The van der Waals surface area contributed by atoms with Gasteiger partial charge in [0, 0.05) is 13.8 Å². The number of hydrogen-bond donors (Lipinski definition) is 0. The van der Waals surface area contributed by atoms with Crippen LogP contribution in [0.25, 0.3) is 0 Å². The van der Waals surface area contributed by atoms with E-state index in [0.717, 1.165) is 0 Å². The number of rotatable bonds is 2. The number of carbonyl (C=O) groups is 3. The molecular formula is C8H11NO5. The number of amides is 2. The maximum atomic E-state index is 11.1. The normalized spacial score (nSPS) is 21.1. The second-order valence-electron chi connectivity index (χ2n) is 2.94. The van der Waals surface area contributed by atoms with Crippen molar-refractivity contribution in [1.82, 2.24) is 5.06 Å². The fourth-order valence-corrected chi connectivity index (χ4v) is 1.07. The van der Waals surface area contributed by atoms with Gasteiger partial charge in [-0.3, -0.25) is 19.2 Å². The number of esters is 1. The summed E-state index contributed by atoms with van der Waals surface area (Å²) in [5.74, 6) is -1.32. The monoisotopic (exact) mass is 201 g/mol. The van der Waals surface area contributed by atoms with Crippen molar-refractivity contribution in [3.05, 3.63) is 0 Å². The van der Waals surface area contributed by atoms with Gasteiger partial charge >= 0.3 is 5.97 Å². The van der Waals surface area contributed by atoms with Crippen LogP contribution in [0.1, 0.15) is 20.3 Å². The smallest absolute Gasteiger partial charge is 0.302 e. The molecule has 6 nitrogen and oxygen atoms in total. The molecule has 1 atom stereocenters. The predicted octanol–water partition coefficient (Wildman–Crippen LogP) is -0.371. The Bertz CT molecular complexity index is 275. The molecule has 14 heavy (non-hydrogen) atoms. The Morgan fingerprint density at radius 3 is 2.64 bits per heavy atom. The number of hydroxylamine groups is 2. The topological polar surface area (TPSA) is 72.9 Å². The zero-order valence-corrected chi connectivity index (χ0v) is 7.98. The SMILES string of the molecule is CC(=O)OCC1CC(=O)N(C(C)=O)O1. The molecule has 1 rings (SSSR count). The van der Waals surface area contributed by atoms with Crippen LogP contribution < -0.4 is 0 Å². The maximum Gasteiger partial charge on any atom is 0.302 e. The summed E-state index contributed by atoms with van der Waals surface area (Å²) in [6.07, 6.45) is -0.484. The first-order chi connectivity index (χ1) is 6.50. The highest BCUT2D eigenvalue weighted by molar-refractivity contribution is 5.94. The Labute approximate surface area is 80.7 Å². The molecule has 0 aromatic heterocycles. The van der Waals surface area contributed by atoms with Gasteiger partial charge in [-0.25, -0.2) is 0 Å². The summed E-state index contributed by atoms with van der Waals surface area (Å²) in [6, 6.07) is 0. The van der Waals surface area contributed by atoms with Crippen molar-refractivity contribution in [2.45, 2.75) is 26.4 Å². The van der Waals surface area contributed by atoms with Gasteiger partial charge in [0.15, 0.2) is 0 Å². The molecule has 1 fully saturated rings. The van der Waals surface area contributed by atoms with Crippen LogP contribution in [-0.2, 0) is 24.0 Å². The molecule has 1 saturated heterocycles. The van der Waals surface area contributed by atoms with Gasteiger partial charge in [-0.15, -0.1) is 0 Å². The number of ether oxygens (including phenoxy) is 1. The summed E-state index contributed by atoms with van der Waals surface area (Å²) < 4.78 is 4.65. The van der Waals surface area contributed by atoms with E-state index < -0.39 is 23.9 Å². The highest BCUT2D eigenvalue weighted by Gasteiger charge is 2.34. The third kappa shape index (κ3) is 2.53. The van der Waals surface area contributed by atoms with E-state index in [1.54, 1.807) is 0 Å². The zero-order valence-electron chi connectivity index (χ0n) is 7.98. The van der Waals surface area contributed by atoms with E-state index in [1.807, 2.05) is 0 Å². The second kappa shape index (κ2) is 4.19. The fourth-order valence-electron chi connectivity index (χ4n) is 1.07. The molecule has 0 aromatic carbocycles.